The number of aromatic nitrogens is 1. The number of carbonyl (C=O) groups excluding carboxylic acids is 1. The third kappa shape index (κ3) is 4.24. The molecule has 5 heteroatoms. The lowest BCUT2D eigenvalue weighted by Crippen LogP contribution is -2.11. The van der Waals surface area contributed by atoms with Gasteiger partial charge in [0, 0.05) is 0 Å². The van der Waals surface area contributed by atoms with Crippen LogP contribution in [0.15, 0.2) is 6.07 Å². The number of anilines is 1. The SMILES string of the molecule is CC.CCOC(=O)c1cc(C)c(N)nc1OCC. The zero-order chi connectivity index (χ0) is 14.1. The molecule has 0 aliphatic heterocycles. The van der Waals surface area contributed by atoms with E-state index in [1.807, 2.05) is 20.8 Å². The van der Waals surface area contributed by atoms with Gasteiger partial charge in [-0.15, -0.1) is 0 Å². The summed E-state index contributed by atoms with van der Waals surface area (Å²) in [5.74, 6) is 0.141. The lowest BCUT2D eigenvalue weighted by atomic mass is 10.2. The molecular formula is C13H22N2O3. The fourth-order valence-corrected chi connectivity index (χ4v) is 1.21. The monoisotopic (exact) mass is 254 g/mol. The van der Waals surface area contributed by atoms with E-state index in [-0.39, 0.29) is 5.88 Å². The minimum atomic E-state index is -0.443. The molecule has 0 amide bonds. The minimum Gasteiger partial charge on any atom is -0.477 e. The Balaban J connectivity index is 0.00000137. The van der Waals surface area contributed by atoms with E-state index in [0.29, 0.717) is 24.6 Å². The summed E-state index contributed by atoms with van der Waals surface area (Å²) < 4.78 is 10.2. The van der Waals surface area contributed by atoms with Crippen molar-refractivity contribution in [3.05, 3.63) is 17.2 Å². The van der Waals surface area contributed by atoms with E-state index >= 15 is 0 Å². The number of carbonyl (C=O) groups is 1. The van der Waals surface area contributed by atoms with Crippen molar-refractivity contribution in [3.8, 4) is 5.88 Å². The molecule has 2 N–H and O–H groups in total. The first-order valence-corrected chi connectivity index (χ1v) is 6.17. The average molecular weight is 254 g/mol. The molecule has 0 atom stereocenters. The van der Waals surface area contributed by atoms with Crippen LogP contribution in [-0.4, -0.2) is 24.2 Å². The molecule has 0 aliphatic carbocycles. The first kappa shape index (κ1) is 16.2. The van der Waals surface area contributed by atoms with Crippen LogP contribution in [0.3, 0.4) is 0 Å². The van der Waals surface area contributed by atoms with Crippen molar-refractivity contribution in [1.82, 2.24) is 4.98 Å². The number of esters is 1. The summed E-state index contributed by atoms with van der Waals surface area (Å²) in [6.07, 6.45) is 0. The van der Waals surface area contributed by atoms with E-state index in [0.717, 1.165) is 5.56 Å². The molecule has 0 saturated carbocycles. The van der Waals surface area contributed by atoms with Gasteiger partial charge in [-0.1, -0.05) is 13.8 Å². The van der Waals surface area contributed by atoms with Crippen molar-refractivity contribution in [2.45, 2.75) is 34.6 Å². The summed E-state index contributed by atoms with van der Waals surface area (Å²) >= 11 is 0. The van der Waals surface area contributed by atoms with Crippen molar-refractivity contribution >= 4 is 11.8 Å². The summed E-state index contributed by atoms with van der Waals surface area (Å²) in [7, 11) is 0. The molecule has 0 bridgehead atoms. The number of aryl methyl sites for hydroxylation is 1. The molecule has 0 aromatic carbocycles. The normalized spacial score (nSPS) is 9.17. The predicted octanol–water partition coefficient (Wildman–Crippen LogP) is 2.57. The van der Waals surface area contributed by atoms with Gasteiger partial charge in [-0.2, -0.15) is 4.98 Å². The van der Waals surface area contributed by atoms with Gasteiger partial charge in [0.05, 0.1) is 13.2 Å². The highest BCUT2D eigenvalue weighted by atomic mass is 16.5. The van der Waals surface area contributed by atoms with Gasteiger partial charge < -0.3 is 15.2 Å². The van der Waals surface area contributed by atoms with Gasteiger partial charge in [0.1, 0.15) is 11.4 Å². The number of ether oxygens (including phenoxy) is 2. The summed E-state index contributed by atoms with van der Waals surface area (Å²) in [5, 5.41) is 0. The van der Waals surface area contributed by atoms with Crippen LogP contribution in [0.2, 0.25) is 0 Å². The number of nitrogen functional groups attached to an aromatic ring is 1. The second-order valence-electron chi connectivity index (χ2n) is 3.20. The molecule has 1 aromatic heterocycles. The van der Waals surface area contributed by atoms with Gasteiger partial charge in [0.2, 0.25) is 5.88 Å². The highest BCUT2D eigenvalue weighted by Crippen LogP contribution is 2.21. The molecule has 1 rings (SSSR count). The molecular weight excluding hydrogens is 232 g/mol. The van der Waals surface area contributed by atoms with E-state index < -0.39 is 5.97 Å². The Morgan fingerprint density at radius 3 is 2.44 bits per heavy atom. The molecule has 5 nitrogen and oxygen atoms in total. The maximum atomic E-state index is 11.6. The van der Waals surface area contributed by atoms with Crippen molar-refractivity contribution < 1.29 is 14.3 Å². The average Bonchev–Trinajstić information content (AvgIpc) is 2.36. The topological polar surface area (TPSA) is 74.4 Å². The molecule has 0 spiro atoms. The van der Waals surface area contributed by atoms with Crippen LogP contribution in [0.5, 0.6) is 5.88 Å². The Labute approximate surface area is 108 Å². The van der Waals surface area contributed by atoms with Gasteiger partial charge in [0.15, 0.2) is 0 Å². The Kier molecular flexibility index (Phi) is 7.51. The molecule has 1 heterocycles. The van der Waals surface area contributed by atoms with E-state index in [1.54, 1.807) is 19.9 Å². The maximum Gasteiger partial charge on any atom is 0.343 e. The molecule has 18 heavy (non-hydrogen) atoms. The Hall–Kier alpha value is -1.78. The maximum absolute atomic E-state index is 11.6. The predicted molar refractivity (Wildman–Crippen MR) is 71.9 cm³/mol. The first-order chi connectivity index (χ1) is 8.60. The van der Waals surface area contributed by atoms with Crippen LogP contribution < -0.4 is 10.5 Å². The molecule has 102 valence electrons. The van der Waals surface area contributed by atoms with E-state index in [4.69, 9.17) is 15.2 Å². The van der Waals surface area contributed by atoms with Crippen molar-refractivity contribution in [1.29, 1.82) is 0 Å². The second-order valence-corrected chi connectivity index (χ2v) is 3.20. The number of rotatable bonds is 4. The van der Waals surface area contributed by atoms with Gasteiger partial charge >= 0.3 is 5.97 Å². The van der Waals surface area contributed by atoms with Gasteiger partial charge in [-0.3, -0.25) is 0 Å². The molecule has 1 aromatic rings. The van der Waals surface area contributed by atoms with Crippen LogP contribution >= 0.6 is 0 Å². The first-order valence-electron chi connectivity index (χ1n) is 6.17. The Bertz CT molecular complexity index is 392. The number of nitrogens with zero attached hydrogens (tertiary/aromatic N) is 1. The van der Waals surface area contributed by atoms with E-state index in [1.165, 1.54) is 0 Å². The van der Waals surface area contributed by atoms with Crippen molar-refractivity contribution in [3.63, 3.8) is 0 Å². The van der Waals surface area contributed by atoms with Crippen molar-refractivity contribution in [2.24, 2.45) is 0 Å². The third-order valence-electron chi connectivity index (χ3n) is 1.99. The lowest BCUT2D eigenvalue weighted by Gasteiger charge is -2.10. The molecule has 0 radical (unpaired) electrons. The van der Waals surface area contributed by atoms with E-state index in [9.17, 15) is 4.79 Å². The number of hydrogen-bond donors (Lipinski definition) is 1. The molecule has 0 aliphatic rings. The van der Waals surface area contributed by atoms with Crippen LogP contribution in [0.1, 0.15) is 43.6 Å². The van der Waals surface area contributed by atoms with Gasteiger partial charge in [-0.05, 0) is 32.4 Å². The van der Waals surface area contributed by atoms with Crippen LogP contribution in [0, 0.1) is 6.92 Å². The summed E-state index contributed by atoms with van der Waals surface area (Å²) in [4.78, 5) is 15.6. The van der Waals surface area contributed by atoms with Gasteiger partial charge in [0.25, 0.3) is 0 Å². The lowest BCUT2D eigenvalue weighted by molar-refractivity contribution is 0.0521. The molecule has 0 saturated heterocycles. The standard InChI is InChI=1S/C11H16N2O3.C2H6/c1-4-15-10-8(11(14)16-5-2)6-7(3)9(12)13-10;1-2/h6H,4-5H2,1-3H3,(H2,12,13);1-2H3. The minimum absolute atomic E-state index is 0.226. The van der Waals surface area contributed by atoms with E-state index in [2.05, 4.69) is 4.98 Å². The zero-order valence-corrected chi connectivity index (χ0v) is 11.7. The third-order valence-corrected chi connectivity index (χ3v) is 1.99. The fourth-order valence-electron chi connectivity index (χ4n) is 1.21. The smallest absolute Gasteiger partial charge is 0.343 e. The zero-order valence-electron chi connectivity index (χ0n) is 11.7. The fraction of sp³-hybridized carbons (Fsp3) is 0.538. The van der Waals surface area contributed by atoms with Crippen molar-refractivity contribution in [2.75, 3.05) is 18.9 Å². The number of pyridine rings is 1. The number of hydrogen-bond acceptors (Lipinski definition) is 5. The summed E-state index contributed by atoms with van der Waals surface area (Å²) in [6.45, 7) is 10.1. The number of nitrogens with two attached hydrogens (primary N) is 1. The quantitative estimate of drug-likeness (QED) is 0.836. The molecule has 0 fully saturated rings. The highest BCUT2D eigenvalue weighted by molar-refractivity contribution is 5.92. The van der Waals surface area contributed by atoms with Crippen LogP contribution in [-0.2, 0) is 4.74 Å². The highest BCUT2D eigenvalue weighted by Gasteiger charge is 2.17. The Morgan fingerprint density at radius 2 is 1.94 bits per heavy atom. The van der Waals surface area contributed by atoms with Crippen LogP contribution in [0.4, 0.5) is 5.82 Å². The van der Waals surface area contributed by atoms with Crippen LogP contribution in [0.25, 0.3) is 0 Å². The second kappa shape index (κ2) is 8.33. The summed E-state index contributed by atoms with van der Waals surface area (Å²) in [5.41, 5.74) is 6.69. The van der Waals surface area contributed by atoms with Gasteiger partial charge in [-0.25, -0.2) is 4.79 Å². The largest absolute Gasteiger partial charge is 0.477 e. The molecule has 0 unspecified atom stereocenters. The summed E-state index contributed by atoms with van der Waals surface area (Å²) in [6, 6.07) is 1.63. The Morgan fingerprint density at radius 1 is 1.33 bits per heavy atom.